The fraction of sp³-hybridized carbons (Fsp3) is 0.636. The molecular formula is C11H18N2O3S. The quantitative estimate of drug-likeness (QED) is 0.728. The Morgan fingerprint density at radius 3 is 2.82 bits per heavy atom. The third-order valence-electron chi connectivity index (χ3n) is 2.41. The molecule has 1 aromatic rings. The molecule has 0 saturated heterocycles. The molecule has 0 bridgehead atoms. The molecule has 0 aliphatic heterocycles. The van der Waals surface area contributed by atoms with Crippen LogP contribution in [0.15, 0.2) is 6.20 Å². The van der Waals surface area contributed by atoms with Gasteiger partial charge in [0.25, 0.3) is 0 Å². The number of nitrogens with zero attached hydrogens (tertiary/aromatic N) is 2. The van der Waals surface area contributed by atoms with E-state index >= 15 is 0 Å². The molecule has 0 aliphatic rings. The molecule has 0 aliphatic carbocycles. The van der Waals surface area contributed by atoms with Gasteiger partial charge in [0.2, 0.25) is 0 Å². The maximum atomic E-state index is 11.3. The normalized spacial score (nSPS) is 12.2. The summed E-state index contributed by atoms with van der Waals surface area (Å²) >= 11 is 1.34. The molecule has 1 heterocycles. The van der Waals surface area contributed by atoms with E-state index in [0.717, 1.165) is 11.7 Å². The SMILES string of the molecule is CCN(c1ncc(C(=O)OC)s1)C(C)COC. The first-order valence-electron chi connectivity index (χ1n) is 5.43. The van der Waals surface area contributed by atoms with Crippen molar-refractivity contribution in [1.29, 1.82) is 0 Å². The van der Waals surface area contributed by atoms with Crippen molar-refractivity contribution < 1.29 is 14.3 Å². The number of carbonyl (C=O) groups excluding carboxylic acids is 1. The Balaban J connectivity index is 2.82. The second-order valence-electron chi connectivity index (χ2n) is 3.59. The number of carbonyl (C=O) groups is 1. The molecule has 0 spiro atoms. The summed E-state index contributed by atoms with van der Waals surface area (Å²) < 4.78 is 9.79. The molecular weight excluding hydrogens is 240 g/mol. The number of hydrogen-bond acceptors (Lipinski definition) is 6. The number of hydrogen-bond donors (Lipinski definition) is 0. The molecule has 5 nitrogen and oxygen atoms in total. The van der Waals surface area contributed by atoms with Crippen molar-refractivity contribution in [2.75, 3.05) is 32.3 Å². The summed E-state index contributed by atoms with van der Waals surface area (Å²) in [7, 11) is 3.04. The van der Waals surface area contributed by atoms with Gasteiger partial charge in [0.1, 0.15) is 4.88 Å². The number of aromatic nitrogens is 1. The molecule has 0 saturated carbocycles. The van der Waals surface area contributed by atoms with E-state index in [0.29, 0.717) is 11.5 Å². The number of esters is 1. The number of likely N-dealkylation sites (N-methyl/N-ethyl adjacent to an activating group) is 1. The van der Waals surface area contributed by atoms with Gasteiger partial charge in [0, 0.05) is 13.7 Å². The number of anilines is 1. The highest BCUT2D eigenvalue weighted by atomic mass is 32.1. The van der Waals surface area contributed by atoms with E-state index < -0.39 is 0 Å². The van der Waals surface area contributed by atoms with Gasteiger partial charge in [-0.15, -0.1) is 0 Å². The topological polar surface area (TPSA) is 51.7 Å². The lowest BCUT2D eigenvalue weighted by Gasteiger charge is -2.26. The molecule has 96 valence electrons. The van der Waals surface area contributed by atoms with Crippen LogP contribution in [0.4, 0.5) is 5.13 Å². The van der Waals surface area contributed by atoms with Gasteiger partial charge in [-0.2, -0.15) is 0 Å². The number of rotatable bonds is 6. The van der Waals surface area contributed by atoms with Gasteiger partial charge >= 0.3 is 5.97 Å². The molecule has 17 heavy (non-hydrogen) atoms. The van der Waals surface area contributed by atoms with Crippen LogP contribution in [0.1, 0.15) is 23.5 Å². The maximum Gasteiger partial charge on any atom is 0.349 e. The smallest absolute Gasteiger partial charge is 0.349 e. The molecule has 6 heteroatoms. The van der Waals surface area contributed by atoms with Crippen molar-refractivity contribution in [3.8, 4) is 0 Å². The summed E-state index contributed by atoms with van der Waals surface area (Å²) in [5.74, 6) is -0.343. The molecule has 0 fully saturated rings. The largest absolute Gasteiger partial charge is 0.465 e. The van der Waals surface area contributed by atoms with E-state index in [1.54, 1.807) is 13.3 Å². The minimum Gasteiger partial charge on any atom is -0.465 e. The zero-order valence-electron chi connectivity index (χ0n) is 10.6. The van der Waals surface area contributed by atoms with E-state index in [4.69, 9.17) is 4.74 Å². The third kappa shape index (κ3) is 3.41. The zero-order chi connectivity index (χ0) is 12.8. The van der Waals surface area contributed by atoms with E-state index in [1.165, 1.54) is 18.4 Å². The standard InChI is InChI=1S/C11H18N2O3S/c1-5-13(8(2)7-15-3)11-12-6-9(17-11)10(14)16-4/h6,8H,5,7H2,1-4H3. The predicted octanol–water partition coefficient (Wildman–Crippen LogP) is 1.79. The van der Waals surface area contributed by atoms with Gasteiger partial charge in [-0.1, -0.05) is 11.3 Å². The molecule has 1 unspecified atom stereocenters. The molecule has 0 radical (unpaired) electrons. The van der Waals surface area contributed by atoms with Crippen LogP contribution in [0.25, 0.3) is 0 Å². The third-order valence-corrected chi connectivity index (χ3v) is 3.42. The summed E-state index contributed by atoms with van der Waals surface area (Å²) in [5, 5.41) is 0.817. The lowest BCUT2D eigenvalue weighted by molar-refractivity contribution is 0.0606. The first kappa shape index (κ1) is 13.9. The van der Waals surface area contributed by atoms with Gasteiger partial charge in [-0.3, -0.25) is 0 Å². The first-order chi connectivity index (χ1) is 8.13. The second kappa shape index (κ2) is 6.56. The van der Waals surface area contributed by atoms with Crippen molar-refractivity contribution in [3.63, 3.8) is 0 Å². The van der Waals surface area contributed by atoms with Gasteiger partial charge in [0.15, 0.2) is 5.13 Å². The first-order valence-corrected chi connectivity index (χ1v) is 6.25. The van der Waals surface area contributed by atoms with Crippen LogP contribution < -0.4 is 4.90 Å². The van der Waals surface area contributed by atoms with Crippen LogP contribution in [0, 0.1) is 0 Å². The lowest BCUT2D eigenvalue weighted by Crippen LogP contribution is -2.35. The van der Waals surface area contributed by atoms with Gasteiger partial charge in [-0.05, 0) is 13.8 Å². The maximum absolute atomic E-state index is 11.3. The summed E-state index contributed by atoms with van der Waals surface area (Å²) in [6.07, 6.45) is 1.55. The van der Waals surface area contributed by atoms with E-state index in [2.05, 4.69) is 21.5 Å². The molecule has 1 rings (SSSR count). The van der Waals surface area contributed by atoms with Gasteiger partial charge in [0.05, 0.1) is 26.0 Å². The zero-order valence-corrected chi connectivity index (χ0v) is 11.4. The van der Waals surface area contributed by atoms with Gasteiger partial charge in [-0.25, -0.2) is 9.78 Å². The van der Waals surface area contributed by atoms with Gasteiger partial charge < -0.3 is 14.4 Å². The van der Waals surface area contributed by atoms with Crippen molar-refractivity contribution in [2.45, 2.75) is 19.9 Å². The Hall–Kier alpha value is -1.14. The Labute approximate surface area is 105 Å². The molecule has 0 aromatic carbocycles. The van der Waals surface area contributed by atoms with Crippen LogP contribution in [0.5, 0.6) is 0 Å². The highest BCUT2D eigenvalue weighted by Gasteiger charge is 2.18. The number of ether oxygens (including phenoxy) is 2. The fourth-order valence-corrected chi connectivity index (χ4v) is 2.56. The number of methoxy groups -OCH3 is 2. The summed E-state index contributed by atoms with van der Waals surface area (Å²) in [4.78, 5) is 18.2. The average Bonchev–Trinajstić information content (AvgIpc) is 2.79. The van der Waals surface area contributed by atoms with E-state index in [-0.39, 0.29) is 12.0 Å². The van der Waals surface area contributed by atoms with E-state index in [1.807, 2.05) is 6.92 Å². The van der Waals surface area contributed by atoms with Crippen LogP contribution in [-0.4, -0.2) is 44.4 Å². The molecule has 1 aromatic heterocycles. The Morgan fingerprint density at radius 1 is 1.59 bits per heavy atom. The van der Waals surface area contributed by atoms with Crippen molar-refractivity contribution in [1.82, 2.24) is 4.98 Å². The van der Waals surface area contributed by atoms with Crippen LogP contribution in [0.3, 0.4) is 0 Å². The molecule has 0 N–H and O–H groups in total. The van der Waals surface area contributed by atoms with Crippen molar-refractivity contribution in [3.05, 3.63) is 11.1 Å². The summed E-state index contributed by atoms with van der Waals surface area (Å²) in [6.45, 7) is 5.55. The molecule has 1 atom stereocenters. The Bertz CT molecular complexity index is 367. The summed E-state index contributed by atoms with van der Waals surface area (Å²) in [6, 6.07) is 0.224. The fourth-order valence-electron chi connectivity index (χ4n) is 1.56. The van der Waals surface area contributed by atoms with E-state index in [9.17, 15) is 4.79 Å². The highest BCUT2D eigenvalue weighted by Crippen LogP contribution is 2.24. The van der Waals surface area contributed by atoms with Crippen molar-refractivity contribution >= 4 is 22.4 Å². The van der Waals surface area contributed by atoms with Crippen LogP contribution >= 0.6 is 11.3 Å². The van der Waals surface area contributed by atoms with Crippen LogP contribution in [0.2, 0.25) is 0 Å². The average molecular weight is 258 g/mol. The monoisotopic (exact) mass is 258 g/mol. The van der Waals surface area contributed by atoms with Crippen LogP contribution in [-0.2, 0) is 9.47 Å². The lowest BCUT2D eigenvalue weighted by atomic mass is 10.3. The highest BCUT2D eigenvalue weighted by molar-refractivity contribution is 7.17. The predicted molar refractivity (Wildman–Crippen MR) is 67.8 cm³/mol. The Kier molecular flexibility index (Phi) is 5.37. The minimum atomic E-state index is -0.343. The Morgan fingerprint density at radius 2 is 2.29 bits per heavy atom. The minimum absolute atomic E-state index is 0.224. The number of thiazole rings is 1. The molecule has 0 amide bonds. The summed E-state index contributed by atoms with van der Waals surface area (Å²) in [5.41, 5.74) is 0. The van der Waals surface area contributed by atoms with Crippen molar-refractivity contribution in [2.24, 2.45) is 0 Å². The second-order valence-corrected chi connectivity index (χ2v) is 4.60.